The summed E-state index contributed by atoms with van der Waals surface area (Å²) in [4.78, 5) is 19.6. The lowest BCUT2D eigenvalue weighted by Crippen LogP contribution is -2.36. The number of likely N-dealkylation sites (N-methyl/N-ethyl adjacent to an activating group) is 1. The molecule has 4 heteroatoms. The van der Waals surface area contributed by atoms with E-state index >= 15 is 0 Å². The largest absolute Gasteiger partial charge is 0.296 e. The quantitative estimate of drug-likeness (QED) is 0.607. The minimum Gasteiger partial charge on any atom is -0.296 e. The molecule has 2 aromatic carbocycles. The van der Waals surface area contributed by atoms with Crippen LogP contribution < -0.4 is 4.90 Å². The van der Waals surface area contributed by atoms with Crippen molar-refractivity contribution in [2.24, 2.45) is 0 Å². The number of hydrogen-bond acceptors (Lipinski definition) is 2. The highest BCUT2D eigenvalue weighted by molar-refractivity contribution is 9.10. The lowest BCUT2D eigenvalue weighted by Gasteiger charge is -2.26. The maximum absolute atomic E-state index is 13.4. The lowest BCUT2D eigenvalue weighted by atomic mass is 9.90. The second-order valence-corrected chi connectivity index (χ2v) is 6.59. The van der Waals surface area contributed by atoms with Gasteiger partial charge in [-0.1, -0.05) is 60.7 Å². The Morgan fingerprint density at radius 3 is 1.96 bits per heavy atom. The number of benzene rings is 2. The highest BCUT2D eigenvalue weighted by Crippen LogP contribution is 2.28. The van der Waals surface area contributed by atoms with Crippen molar-refractivity contribution in [2.45, 2.75) is 12.8 Å². The standard InChI is InChI=1S/C21H19BrN2O/c1-2-24(19-14-13-18(22)15-23-19)21(25)20(16-9-5-3-6-10-16)17-11-7-4-8-12-17/h3-15,20H,2H2,1H3. The molecule has 0 unspecified atom stereocenters. The first-order chi connectivity index (χ1) is 12.2. The third-order valence-electron chi connectivity index (χ3n) is 4.08. The summed E-state index contributed by atoms with van der Waals surface area (Å²) in [5, 5.41) is 0. The van der Waals surface area contributed by atoms with E-state index in [2.05, 4.69) is 20.9 Å². The number of carbonyl (C=O) groups excluding carboxylic acids is 1. The van der Waals surface area contributed by atoms with E-state index in [1.807, 2.05) is 79.7 Å². The Bertz CT molecular complexity index is 780. The highest BCUT2D eigenvalue weighted by Gasteiger charge is 2.28. The molecule has 0 aliphatic carbocycles. The minimum absolute atomic E-state index is 0.0229. The molecule has 25 heavy (non-hydrogen) atoms. The van der Waals surface area contributed by atoms with Crippen molar-refractivity contribution in [1.82, 2.24) is 4.98 Å². The Morgan fingerprint density at radius 2 is 1.52 bits per heavy atom. The normalized spacial score (nSPS) is 10.7. The van der Waals surface area contributed by atoms with Crippen molar-refractivity contribution in [3.05, 3.63) is 94.6 Å². The topological polar surface area (TPSA) is 33.2 Å². The van der Waals surface area contributed by atoms with Crippen molar-refractivity contribution in [3.8, 4) is 0 Å². The molecule has 126 valence electrons. The number of anilines is 1. The van der Waals surface area contributed by atoms with Crippen LogP contribution in [-0.4, -0.2) is 17.4 Å². The van der Waals surface area contributed by atoms with Gasteiger partial charge in [-0.2, -0.15) is 0 Å². The molecular formula is C21H19BrN2O. The maximum Gasteiger partial charge on any atom is 0.240 e. The zero-order chi connectivity index (χ0) is 17.6. The molecule has 0 saturated carbocycles. The van der Waals surface area contributed by atoms with Gasteiger partial charge in [0, 0.05) is 17.2 Å². The van der Waals surface area contributed by atoms with Crippen molar-refractivity contribution >= 4 is 27.7 Å². The summed E-state index contributed by atoms with van der Waals surface area (Å²) in [7, 11) is 0. The van der Waals surface area contributed by atoms with Crippen LogP contribution in [0.2, 0.25) is 0 Å². The van der Waals surface area contributed by atoms with Gasteiger partial charge in [0.1, 0.15) is 5.82 Å². The summed E-state index contributed by atoms with van der Waals surface area (Å²) in [6.07, 6.45) is 1.71. The Kier molecular flexibility index (Phi) is 5.61. The molecule has 0 aliphatic heterocycles. The number of pyridine rings is 1. The molecule has 0 saturated heterocycles. The van der Waals surface area contributed by atoms with E-state index in [-0.39, 0.29) is 11.8 Å². The molecule has 0 radical (unpaired) electrons. The number of amides is 1. The molecule has 0 aliphatic rings. The SMILES string of the molecule is CCN(C(=O)C(c1ccccc1)c1ccccc1)c1ccc(Br)cn1. The number of hydrogen-bond donors (Lipinski definition) is 0. The van der Waals surface area contributed by atoms with Gasteiger partial charge in [0.05, 0.1) is 5.92 Å². The van der Waals surface area contributed by atoms with E-state index < -0.39 is 0 Å². The second-order valence-electron chi connectivity index (χ2n) is 5.67. The van der Waals surface area contributed by atoms with Crippen LogP contribution in [0.4, 0.5) is 5.82 Å². The molecular weight excluding hydrogens is 376 g/mol. The van der Waals surface area contributed by atoms with Gasteiger partial charge in [-0.25, -0.2) is 4.98 Å². The highest BCUT2D eigenvalue weighted by atomic mass is 79.9. The molecule has 1 heterocycles. The molecule has 0 bridgehead atoms. The number of carbonyl (C=O) groups is 1. The van der Waals surface area contributed by atoms with E-state index in [0.29, 0.717) is 12.4 Å². The fourth-order valence-corrected chi connectivity index (χ4v) is 3.12. The minimum atomic E-state index is -0.354. The van der Waals surface area contributed by atoms with E-state index in [9.17, 15) is 4.79 Å². The first-order valence-corrected chi connectivity index (χ1v) is 9.03. The molecule has 0 fully saturated rings. The summed E-state index contributed by atoms with van der Waals surface area (Å²) in [6.45, 7) is 2.53. The van der Waals surface area contributed by atoms with Crippen molar-refractivity contribution in [1.29, 1.82) is 0 Å². The predicted octanol–water partition coefficient (Wildman–Crippen LogP) is 5.03. The average Bonchev–Trinajstić information content (AvgIpc) is 2.66. The number of rotatable bonds is 5. The molecule has 1 amide bonds. The van der Waals surface area contributed by atoms with E-state index in [1.165, 1.54) is 0 Å². The van der Waals surface area contributed by atoms with Crippen LogP contribution in [0.3, 0.4) is 0 Å². The Balaban J connectivity index is 2.02. The van der Waals surface area contributed by atoms with E-state index in [1.54, 1.807) is 11.1 Å². The van der Waals surface area contributed by atoms with Crippen molar-refractivity contribution in [3.63, 3.8) is 0 Å². The van der Waals surface area contributed by atoms with Crippen LogP contribution in [0.25, 0.3) is 0 Å². The van der Waals surface area contributed by atoms with Gasteiger partial charge in [-0.05, 0) is 46.1 Å². The van der Waals surface area contributed by atoms with Crippen LogP contribution >= 0.6 is 15.9 Å². The maximum atomic E-state index is 13.4. The molecule has 0 spiro atoms. The van der Waals surface area contributed by atoms with Crippen LogP contribution in [0.5, 0.6) is 0 Å². The van der Waals surface area contributed by atoms with E-state index in [0.717, 1.165) is 15.6 Å². The predicted molar refractivity (Wildman–Crippen MR) is 105 cm³/mol. The summed E-state index contributed by atoms with van der Waals surface area (Å²) in [5.41, 5.74) is 1.96. The van der Waals surface area contributed by atoms with E-state index in [4.69, 9.17) is 0 Å². The summed E-state index contributed by atoms with van der Waals surface area (Å²) in [5.74, 6) is 0.329. The van der Waals surface area contributed by atoms with Crippen LogP contribution in [0, 0.1) is 0 Å². The fourth-order valence-electron chi connectivity index (χ4n) is 2.88. The average molecular weight is 395 g/mol. The molecule has 3 aromatic rings. The lowest BCUT2D eigenvalue weighted by molar-refractivity contribution is -0.119. The first-order valence-electron chi connectivity index (χ1n) is 8.23. The summed E-state index contributed by atoms with van der Waals surface area (Å²) < 4.78 is 0.891. The number of halogens is 1. The van der Waals surface area contributed by atoms with Gasteiger partial charge in [0.15, 0.2) is 0 Å². The zero-order valence-electron chi connectivity index (χ0n) is 14.0. The second kappa shape index (κ2) is 8.08. The molecule has 0 N–H and O–H groups in total. The number of nitrogens with zero attached hydrogens (tertiary/aromatic N) is 2. The Morgan fingerprint density at radius 1 is 0.960 bits per heavy atom. The van der Waals surface area contributed by atoms with Crippen LogP contribution in [-0.2, 0) is 4.79 Å². The Labute approximate surface area is 156 Å². The van der Waals surface area contributed by atoms with Crippen LogP contribution in [0.1, 0.15) is 24.0 Å². The third-order valence-corrected chi connectivity index (χ3v) is 4.55. The third kappa shape index (κ3) is 3.97. The summed E-state index contributed by atoms with van der Waals surface area (Å²) >= 11 is 3.39. The smallest absolute Gasteiger partial charge is 0.240 e. The van der Waals surface area contributed by atoms with Gasteiger partial charge in [0.25, 0.3) is 0 Å². The molecule has 0 atom stereocenters. The van der Waals surface area contributed by atoms with Crippen LogP contribution in [0.15, 0.2) is 83.5 Å². The fraction of sp³-hybridized carbons (Fsp3) is 0.143. The molecule has 3 nitrogen and oxygen atoms in total. The monoisotopic (exact) mass is 394 g/mol. The first kappa shape index (κ1) is 17.4. The molecule has 1 aromatic heterocycles. The van der Waals surface area contributed by atoms with Gasteiger partial charge in [-0.15, -0.1) is 0 Å². The zero-order valence-corrected chi connectivity index (χ0v) is 15.6. The number of aromatic nitrogens is 1. The molecule has 3 rings (SSSR count). The van der Waals surface area contributed by atoms with Crippen molar-refractivity contribution in [2.75, 3.05) is 11.4 Å². The Hall–Kier alpha value is -2.46. The van der Waals surface area contributed by atoms with Gasteiger partial charge >= 0.3 is 0 Å². The van der Waals surface area contributed by atoms with Gasteiger partial charge in [-0.3, -0.25) is 9.69 Å². The van der Waals surface area contributed by atoms with Gasteiger partial charge in [0.2, 0.25) is 5.91 Å². The van der Waals surface area contributed by atoms with Gasteiger partial charge < -0.3 is 0 Å². The van der Waals surface area contributed by atoms with Crippen molar-refractivity contribution < 1.29 is 4.79 Å². The summed E-state index contributed by atoms with van der Waals surface area (Å²) in [6, 6.07) is 23.5.